The molecule has 0 bridgehead atoms. The van der Waals surface area contributed by atoms with E-state index in [-0.39, 0.29) is 10.6 Å². The standard InChI is InChI=1S/C23H18Cl3N3O2S2/c1-15-7-9-17(10-8-15)33(30,31)14-21-27-28-23(29(21)16-5-3-2-4-6-16)32-13-18-19(24)11-12-20(25)22(18)26/h2-12H,13-14H2,1H3. The highest BCUT2D eigenvalue weighted by Crippen LogP contribution is 2.36. The van der Waals surface area contributed by atoms with Gasteiger partial charge in [0, 0.05) is 22.0 Å². The molecule has 10 heteroatoms. The van der Waals surface area contributed by atoms with Gasteiger partial charge in [0.2, 0.25) is 0 Å². The number of para-hydroxylation sites is 1. The molecule has 33 heavy (non-hydrogen) atoms. The van der Waals surface area contributed by atoms with Crippen LogP contribution in [0.25, 0.3) is 5.69 Å². The second kappa shape index (κ2) is 10.1. The van der Waals surface area contributed by atoms with Crippen molar-refractivity contribution in [1.82, 2.24) is 14.8 Å². The summed E-state index contributed by atoms with van der Waals surface area (Å²) in [5.74, 6) is 0.401. The Morgan fingerprint density at radius 2 is 1.55 bits per heavy atom. The van der Waals surface area contributed by atoms with E-state index in [1.54, 1.807) is 41.0 Å². The number of halogens is 3. The van der Waals surface area contributed by atoms with Crippen molar-refractivity contribution in [3.8, 4) is 5.69 Å². The zero-order chi connectivity index (χ0) is 23.6. The summed E-state index contributed by atoms with van der Waals surface area (Å²) in [6.07, 6.45) is 0. The van der Waals surface area contributed by atoms with E-state index in [0.29, 0.717) is 37.4 Å². The maximum atomic E-state index is 13.1. The van der Waals surface area contributed by atoms with Gasteiger partial charge in [0.15, 0.2) is 20.8 Å². The molecule has 0 radical (unpaired) electrons. The second-order valence-corrected chi connectivity index (χ2v) is 11.4. The zero-order valence-corrected chi connectivity index (χ0v) is 21.3. The molecule has 0 saturated carbocycles. The first kappa shape index (κ1) is 24.1. The summed E-state index contributed by atoms with van der Waals surface area (Å²) in [7, 11) is -3.63. The molecule has 0 fully saturated rings. The van der Waals surface area contributed by atoms with E-state index in [4.69, 9.17) is 34.8 Å². The first-order chi connectivity index (χ1) is 15.8. The van der Waals surface area contributed by atoms with E-state index >= 15 is 0 Å². The molecule has 0 aliphatic rings. The van der Waals surface area contributed by atoms with Crippen molar-refractivity contribution in [2.24, 2.45) is 0 Å². The van der Waals surface area contributed by atoms with Crippen LogP contribution in [0.2, 0.25) is 15.1 Å². The van der Waals surface area contributed by atoms with Crippen LogP contribution in [0.15, 0.2) is 76.8 Å². The summed E-state index contributed by atoms with van der Waals surface area (Å²) in [4.78, 5) is 0.238. The summed E-state index contributed by atoms with van der Waals surface area (Å²) >= 11 is 20.1. The van der Waals surface area contributed by atoms with Crippen LogP contribution in [0.1, 0.15) is 17.0 Å². The number of sulfone groups is 1. The lowest BCUT2D eigenvalue weighted by molar-refractivity contribution is 0.593. The van der Waals surface area contributed by atoms with Gasteiger partial charge in [0.1, 0.15) is 5.75 Å². The van der Waals surface area contributed by atoms with Crippen molar-refractivity contribution < 1.29 is 8.42 Å². The smallest absolute Gasteiger partial charge is 0.196 e. The number of rotatable bonds is 7. The fraction of sp³-hybridized carbons (Fsp3) is 0.130. The highest BCUT2D eigenvalue weighted by Gasteiger charge is 2.23. The third kappa shape index (κ3) is 5.39. The average molecular weight is 539 g/mol. The van der Waals surface area contributed by atoms with Crippen LogP contribution in [0.3, 0.4) is 0 Å². The fourth-order valence-corrected chi connectivity index (χ4v) is 6.26. The van der Waals surface area contributed by atoms with Crippen LogP contribution in [0.5, 0.6) is 0 Å². The van der Waals surface area contributed by atoms with Crippen molar-refractivity contribution in [3.05, 3.63) is 98.7 Å². The van der Waals surface area contributed by atoms with Gasteiger partial charge < -0.3 is 0 Å². The minimum Gasteiger partial charge on any atom is -0.273 e. The number of benzene rings is 3. The molecule has 5 nitrogen and oxygen atoms in total. The minimum atomic E-state index is -3.63. The van der Waals surface area contributed by atoms with Gasteiger partial charge in [-0.3, -0.25) is 4.57 Å². The number of nitrogens with zero attached hydrogens (tertiary/aromatic N) is 3. The van der Waals surface area contributed by atoms with E-state index in [1.165, 1.54) is 11.8 Å². The monoisotopic (exact) mass is 537 g/mol. The van der Waals surface area contributed by atoms with Crippen LogP contribution in [0, 0.1) is 6.92 Å². The van der Waals surface area contributed by atoms with E-state index in [9.17, 15) is 8.42 Å². The third-order valence-corrected chi connectivity index (χ3v) is 8.68. The lowest BCUT2D eigenvalue weighted by atomic mass is 10.2. The lowest BCUT2D eigenvalue weighted by Crippen LogP contribution is -2.11. The van der Waals surface area contributed by atoms with Crippen LogP contribution < -0.4 is 0 Å². The predicted molar refractivity (Wildman–Crippen MR) is 134 cm³/mol. The molecule has 0 N–H and O–H groups in total. The van der Waals surface area contributed by atoms with Gasteiger partial charge in [-0.05, 0) is 43.3 Å². The molecule has 0 unspecified atom stereocenters. The summed E-state index contributed by atoms with van der Waals surface area (Å²) in [6.45, 7) is 1.91. The highest BCUT2D eigenvalue weighted by atomic mass is 35.5. The summed E-state index contributed by atoms with van der Waals surface area (Å²) in [5, 5.41) is 10.3. The first-order valence-electron chi connectivity index (χ1n) is 9.80. The van der Waals surface area contributed by atoms with Crippen molar-refractivity contribution in [2.45, 2.75) is 28.5 Å². The van der Waals surface area contributed by atoms with E-state index in [0.717, 1.165) is 11.3 Å². The maximum absolute atomic E-state index is 13.1. The molecule has 0 atom stereocenters. The van der Waals surface area contributed by atoms with E-state index in [1.807, 2.05) is 37.3 Å². The van der Waals surface area contributed by atoms with Gasteiger partial charge in [0.05, 0.1) is 14.9 Å². The molecule has 170 valence electrons. The molecule has 0 aliphatic carbocycles. The van der Waals surface area contributed by atoms with Crippen molar-refractivity contribution in [2.75, 3.05) is 0 Å². The Labute approximate surface area is 211 Å². The number of aryl methyl sites for hydroxylation is 1. The van der Waals surface area contributed by atoms with Crippen LogP contribution in [-0.2, 0) is 21.3 Å². The molecule has 0 aliphatic heterocycles. The second-order valence-electron chi connectivity index (χ2n) is 7.25. The van der Waals surface area contributed by atoms with Crippen LogP contribution in [-0.4, -0.2) is 23.2 Å². The number of hydrogen-bond donors (Lipinski definition) is 0. The molecule has 4 rings (SSSR count). The van der Waals surface area contributed by atoms with Crippen molar-refractivity contribution >= 4 is 56.4 Å². The number of thioether (sulfide) groups is 1. The van der Waals surface area contributed by atoms with Gasteiger partial charge in [-0.15, -0.1) is 10.2 Å². The average Bonchev–Trinajstić information content (AvgIpc) is 3.19. The quantitative estimate of drug-likeness (QED) is 0.191. The molecule has 0 spiro atoms. The Morgan fingerprint density at radius 1 is 0.879 bits per heavy atom. The van der Waals surface area contributed by atoms with Gasteiger partial charge >= 0.3 is 0 Å². The Hall–Kier alpha value is -2.03. The van der Waals surface area contributed by atoms with Crippen LogP contribution >= 0.6 is 46.6 Å². The van der Waals surface area contributed by atoms with Crippen molar-refractivity contribution in [3.63, 3.8) is 0 Å². The normalized spacial score (nSPS) is 11.6. The lowest BCUT2D eigenvalue weighted by Gasteiger charge is -2.12. The molecule has 1 heterocycles. The van der Waals surface area contributed by atoms with Gasteiger partial charge in [-0.1, -0.05) is 82.5 Å². The van der Waals surface area contributed by atoms with Gasteiger partial charge in [0.25, 0.3) is 0 Å². The van der Waals surface area contributed by atoms with Gasteiger partial charge in [-0.2, -0.15) is 0 Å². The highest BCUT2D eigenvalue weighted by molar-refractivity contribution is 7.98. The molecular formula is C23H18Cl3N3O2S2. The molecule has 1 aromatic heterocycles. The molecule has 4 aromatic rings. The molecule has 0 saturated heterocycles. The predicted octanol–water partition coefficient (Wildman–Crippen LogP) is 6.80. The maximum Gasteiger partial charge on any atom is 0.196 e. The topological polar surface area (TPSA) is 64.8 Å². The van der Waals surface area contributed by atoms with Crippen molar-refractivity contribution in [1.29, 1.82) is 0 Å². The van der Waals surface area contributed by atoms with Gasteiger partial charge in [-0.25, -0.2) is 8.42 Å². The number of hydrogen-bond acceptors (Lipinski definition) is 5. The zero-order valence-electron chi connectivity index (χ0n) is 17.4. The largest absolute Gasteiger partial charge is 0.273 e. The summed E-state index contributed by atoms with van der Waals surface area (Å²) in [5.41, 5.74) is 2.41. The van der Waals surface area contributed by atoms with Crippen LogP contribution in [0.4, 0.5) is 0 Å². The third-order valence-electron chi connectivity index (χ3n) is 4.90. The molecule has 3 aromatic carbocycles. The minimum absolute atomic E-state index is 0.238. The first-order valence-corrected chi connectivity index (χ1v) is 13.6. The Kier molecular flexibility index (Phi) is 7.36. The molecular weight excluding hydrogens is 521 g/mol. The van der Waals surface area contributed by atoms with E-state index in [2.05, 4.69) is 10.2 Å². The SMILES string of the molecule is Cc1ccc(S(=O)(=O)Cc2nnc(SCc3c(Cl)ccc(Cl)c3Cl)n2-c2ccccc2)cc1. The Bertz CT molecular complexity index is 1390. The summed E-state index contributed by atoms with van der Waals surface area (Å²) < 4.78 is 27.9. The Balaban J connectivity index is 1.70. The molecule has 0 amide bonds. The van der Waals surface area contributed by atoms with E-state index < -0.39 is 9.84 Å². The number of aromatic nitrogens is 3. The Morgan fingerprint density at radius 3 is 2.24 bits per heavy atom. The fourth-order valence-electron chi connectivity index (χ4n) is 3.16. The summed E-state index contributed by atoms with van der Waals surface area (Å²) in [6, 6.07) is 19.4.